The fourth-order valence-electron chi connectivity index (χ4n) is 1.12. The molecular weight excluding hydrogens is 200 g/mol. The van der Waals surface area contributed by atoms with Gasteiger partial charge in [-0.3, -0.25) is 9.97 Å². The molecule has 0 spiro atoms. The average molecular weight is 214 g/mol. The Morgan fingerprint density at radius 1 is 1.27 bits per heavy atom. The molecule has 0 bridgehead atoms. The molecule has 0 aliphatic carbocycles. The van der Waals surface area contributed by atoms with Crippen LogP contribution in [0.15, 0.2) is 12.4 Å². The Morgan fingerprint density at radius 3 is 2.47 bits per heavy atom. The molecule has 1 aromatic rings. The van der Waals surface area contributed by atoms with Crippen molar-refractivity contribution < 1.29 is 20.4 Å². The molecule has 3 atom stereocenters. The van der Waals surface area contributed by atoms with Gasteiger partial charge in [-0.25, -0.2) is 0 Å². The predicted molar refractivity (Wildman–Crippen MR) is 50.8 cm³/mol. The first-order chi connectivity index (χ1) is 7.06. The van der Waals surface area contributed by atoms with E-state index in [4.69, 9.17) is 10.2 Å². The maximum Gasteiger partial charge on any atom is 0.126 e. The SMILES string of the molecule is Cc1cncc([C@@H](O)[C@@H](O)[C@@H](O)CO)n1. The van der Waals surface area contributed by atoms with Gasteiger partial charge in [-0.15, -0.1) is 0 Å². The van der Waals surface area contributed by atoms with E-state index in [2.05, 4.69) is 9.97 Å². The van der Waals surface area contributed by atoms with Crippen molar-refractivity contribution in [3.05, 3.63) is 23.8 Å². The molecular formula is C9H14N2O4. The fraction of sp³-hybridized carbons (Fsp3) is 0.556. The van der Waals surface area contributed by atoms with Gasteiger partial charge in [0, 0.05) is 6.20 Å². The van der Waals surface area contributed by atoms with Crippen LogP contribution in [0.2, 0.25) is 0 Å². The zero-order valence-electron chi connectivity index (χ0n) is 8.28. The topological polar surface area (TPSA) is 107 Å². The molecule has 0 radical (unpaired) electrons. The van der Waals surface area contributed by atoms with Gasteiger partial charge in [0.25, 0.3) is 0 Å². The van der Waals surface area contributed by atoms with Gasteiger partial charge in [-0.05, 0) is 6.92 Å². The zero-order valence-corrected chi connectivity index (χ0v) is 8.28. The first-order valence-electron chi connectivity index (χ1n) is 4.50. The van der Waals surface area contributed by atoms with E-state index in [0.29, 0.717) is 5.69 Å². The molecule has 84 valence electrons. The molecule has 1 aromatic heterocycles. The molecule has 4 N–H and O–H groups in total. The maximum absolute atomic E-state index is 9.59. The van der Waals surface area contributed by atoms with Crippen LogP contribution < -0.4 is 0 Å². The summed E-state index contributed by atoms with van der Waals surface area (Å²) in [7, 11) is 0. The Hall–Kier alpha value is -1.08. The van der Waals surface area contributed by atoms with Crippen molar-refractivity contribution >= 4 is 0 Å². The summed E-state index contributed by atoms with van der Waals surface area (Å²) < 4.78 is 0. The van der Waals surface area contributed by atoms with Gasteiger partial charge in [-0.2, -0.15) is 0 Å². The van der Waals surface area contributed by atoms with Gasteiger partial charge < -0.3 is 20.4 Å². The van der Waals surface area contributed by atoms with Crippen LogP contribution in [0.25, 0.3) is 0 Å². The summed E-state index contributed by atoms with van der Waals surface area (Å²) in [5.74, 6) is 0. The Morgan fingerprint density at radius 2 is 1.93 bits per heavy atom. The molecule has 0 amide bonds. The monoisotopic (exact) mass is 214 g/mol. The van der Waals surface area contributed by atoms with Crippen LogP contribution >= 0.6 is 0 Å². The molecule has 0 saturated heterocycles. The van der Waals surface area contributed by atoms with Crippen molar-refractivity contribution in [1.82, 2.24) is 9.97 Å². The first-order valence-corrected chi connectivity index (χ1v) is 4.50. The number of aryl methyl sites for hydroxylation is 1. The van der Waals surface area contributed by atoms with Crippen molar-refractivity contribution in [3.63, 3.8) is 0 Å². The Balaban J connectivity index is 2.80. The van der Waals surface area contributed by atoms with Gasteiger partial charge in [0.15, 0.2) is 0 Å². The lowest BCUT2D eigenvalue weighted by atomic mass is 10.1. The van der Waals surface area contributed by atoms with Crippen LogP contribution in [0.4, 0.5) is 0 Å². The van der Waals surface area contributed by atoms with Gasteiger partial charge >= 0.3 is 0 Å². The average Bonchev–Trinajstić information content (AvgIpc) is 2.26. The third-order valence-corrected chi connectivity index (χ3v) is 1.98. The fourth-order valence-corrected chi connectivity index (χ4v) is 1.12. The summed E-state index contributed by atoms with van der Waals surface area (Å²) in [6.45, 7) is 1.07. The highest BCUT2D eigenvalue weighted by molar-refractivity contribution is 5.06. The van der Waals surface area contributed by atoms with E-state index in [9.17, 15) is 10.2 Å². The summed E-state index contributed by atoms with van der Waals surface area (Å²) in [4.78, 5) is 7.74. The van der Waals surface area contributed by atoms with Crippen LogP contribution in [0, 0.1) is 6.92 Å². The minimum absolute atomic E-state index is 0.162. The standard InChI is InChI=1S/C9H14N2O4/c1-5-2-10-3-6(11-5)8(14)9(15)7(13)4-12/h2-3,7-9,12-15H,4H2,1H3/t7-,8+,9-/m0/s1. The summed E-state index contributed by atoms with van der Waals surface area (Å²) in [5.41, 5.74) is 0.757. The third-order valence-electron chi connectivity index (χ3n) is 1.98. The molecule has 0 fully saturated rings. The van der Waals surface area contributed by atoms with Crippen LogP contribution in [-0.2, 0) is 0 Å². The van der Waals surface area contributed by atoms with E-state index >= 15 is 0 Å². The number of hydrogen-bond donors (Lipinski definition) is 4. The first kappa shape index (κ1) is 12.0. The Bertz CT molecular complexity index is 321. The second-order valence-corrected chi connectivity index (χ2v) is 3.27. The highest BCUT2D eigenvalue weighted by atomic mass is 16.4. The van der Waals surface area contributed by atoms with Gasteiger partial charge in [-0.1, -0.05) is 0 Å². The Kier molecular flexibility index (Phi) is 4.10. The molecule has 6 nitrogen and oxygen atoms in total. The minimum Gasteiger partial charge on any atom is -0.394 e. The molecule has 0 aliphatic heterocycles. The number of aliphatic hydroxyl groups is 4. The molecule has 15 heavy (non-hydrogen) atoms. The van der Waals surface area contributed by atoms with Crippen LogP contribution in [-0.4, -0.2) is 49.2 Å². The van der Waals surface area contributed by atoms with E-state index < -0.39 is 24.9 Å². The van der Waals surface area contributed by atoms with Gasteiger partial charge in [0.1, 0.15) is 18.3 Å². The lowest BCUT2D eigenvalue weighted by Crippen LogP contribution is -2.35. The summed E-state index contributed by atoms with van der Waals surface area (Å²) >= 11 is 0. The zero-order chi connectivity index (χ0) is 11.4. The Labute approximate surface area is 86.9 Å². The minimum atomic E-state index is -1.48. The summed E-state index contributed by atoms with van der Waals surface area (Å²) in [6, 6.07) is 0. The van der Waals surface area contributed by atoms with E-state index in [-0.39, 0.29) is 5.69 Å². The highest BCUT2D eigenvalue weighted by Crippen LogP contribution is 2.16. The molecule has 0 unspecified atom stereocenters. The highest BCUT2D eigenvalue weighted by Gasteiger charge is 2.26. The van der Waals surface area contributed by atoms with Crippen molar-refractivity contribution in [2.24, 2.45) is 0 Å². The van der Waals surface area contributed by atoms with Crippen LogP contribution in [0.1, 0.15) is 17.5 Å². The predicted octanol–water partition coefficient (Wildman–Crippen LogP) is -1.47. The third kappa shape index (κ3) is 2.93. The van der Waals surface area contributed by atoms with Crippen LogP contribution in [0.5, 0.6) is 0 Å². The van der Waals surface area contributed by atoms with E-state index in [1.807, 2.05) is 0 Å². The quantitative estimate of drug-likeness (QED) is 0.487. The number of rotatable bonds is 4. The number of nitrogens with zero attached hydrogens (tertiary/aromatic N) is 2. The van der Waals surface area contributed by atoms with Crippen molar-refractivity contribution in [2.75, 3.05) is 6.61 Å². The molecule has 0 saturated carbocycles. The van der Waals surface area contributed by atoms with Crippen molar-refractivity contribution in [3.8, 4) is 0 Å². The maximum atomic E-state index is 9.59. The molecule has 1 heterocycles. The number of aromatic nitrogens is 2. The molecule has 6 heteroatoms. The largest absolute Gasteiger partial charge is 0.394 e. The molecule has 1 rings (SSSR count). The second kappa shape index (κ2) is 5.13. The molecule has 0 aromatic carbocycles. The normalized spacial score (nSPS) is 17.1. The van der Waals surface area contributed by atoms with Crippen LogP contribution in [0.3, 0.4) is 0 Å². The second-order valence-electron chi connectivity index (χ2n) is 3.27. The van der Waals surface area contributed by atoms with Gasteiger partial charge in [0.05, 0.1) is 24.2 Å². The van der Waals surface area contributed by atoms with E-state index in [1.165, 1.54) is 12.4 Å². The lowest BCUT2D eigenvalue weighted by Gasteiger charge is -2.20. The summed E-state index contributed by atoms with van der Waals surface area (Å²) in [5, 5.41) is 36.7. The number of aliphatic hydroxyl groups excluding tert-OH is 4. The van der Waals surface area contributed by atoms with Crippen molar-refractivity contribution in [2.45, 2.75) is 25.2 Å². The summed E-state index contributed by atoms with van der Waals surface area (Å²) in [6.07, 6.45) is -1.44. The number of hydrogen-bond acceptors (Lipinski definition) is 6. The van der Waals surface area contributed by atoms with Crippen molar-refractivity contribution in [1.29, 1.82) is 0 Å². The van der Waals surface area contributed by atoms with E-state index in [0.717, 1.165) is 0 Å². The smallest absolute Gasteiger partial charge is 0.126 e. The molecule has 0 aliphatic rings. The van der Waals surface area contributed by atoms with Gasteiger partial charge in [0.2, 0.25) is 0 Å². The van der Waals surface area contributed by atoms with E-state index in [1.54, 1.807) is 6.92 Å². The lowest BCUT2D eigenvalue weighted by molar-refractivity contribution is -0.0790.